The fraction of sp³-hybridized carbons (Fsp3) is 0.0714. The van der Waals surface area contributed by atoms with Crippen LogP contribution < -0.4 is 11.1 Å². The summed E-state index contributed by atoms with van der Waals surface area (Å²) in [5.41, 5.74) is 3.78. The van der Waals surface area contributed by atoms with Crippen molar-refractivity contribution in [2.45, 2.75) is 13.3 Å². The number of nitrogens with zero attached hydrogens (tertiary/aromatic N) is 4. The van der Waals surface area contributed by atoms with Crippen LogP contribution in [0.15, 0.2) is 70.8 Å². The maximum Gasteiger partial charge on any atom is 0.264 e. The van der Waals surface area contributed by atoms with Crippen LogP contribution in [0.25, 0.3) is 66.8 Å². The molecule has 6 nitrogen and oxygen atoms in total. The Bertz CT molecular complexity index is 2110. The van der Waals surface area contributed by atoms with Crippen LogP contribution in [-0.2, 0) is 0 Å². The zero-order valence-corrected chi connectivity index (χ0v) is 18.4. The Balaban J connectivity index is 1.77. The Kier molecular flexibility index (Phi) is 3.61. The summed E-state index contributed by atoms with van der Waals surface area (Å²) in [5, 5.41) is 4.30. The van der Waals surface area contributed by atoms with Crippen molar-refractivity contribution in [2.24, 2.45) is 0 Å². The molecule has 34 heavy (non-hydrogen) atoms. The summed E-state index contributed by atoms with van der Waals surface area (Å²) in [4.78, 5) is 36.9. The van der Waals surface area contributed by atoms with Gasteiger partial charge in [-0.2, -0.15) is 0 Å². The molecule has 4 aromatic heterocycles. The lowest BCUT2D eigenvalue weighted by Gasteiger charge is -2.12. The standard InChI is InChI=1S/C28H18N4O2/c1-3-5-9-21-19(4-2)29-25-15-11-13-18-24-16(12-14-17(23(15)24)27(33)31(21)25)26-30-20-8-6-7-10-22(20)32(26)28(18)34/h4-14H,2-3H2,1H3. The van der Waals surface area contributed by atoms with Crippen LogP contribution in [-0.4, -0.2) is 18.8 Å². The first-order valence-electron chi connectivity index (χ1n) is 11.2. The van der Waals surface area contributed by atoms with Gasteiger partial charge in [0.1, 0.15) is 11.3 Å². The molecule has 0 aliphatic heterocycles. The second-order valence-corrected chi connectivity index (χ2v) is 8.50. The molecule has 0 atom stereocenters. The summed E-state index contributed by atoms with van der Waals surface area (Å²) >= 11 is 0. The molecule has 6 heteroatoms. The first-order chi connectivity index (χ1) is 16.6. The van der Waals surface area contributed by atoms with Gasteiger partial charge in [-0.25, -0.2) is 9.97 Å². The van der Waals surface area contributed by atoms with Crippen molar-refractivity contribution in [1.82, 2.24) is 18.8 Å². The van der Waals surface area contributed by atoms with Gasteiger partial charge in [-0.05, 0) is 55.0 Å². The number of benzene rings is 3. The Labute approximate surface area is 192 Å². The van der Waals surface area contributed by atoms with E-state index in [1.165, 1.54) is 0 Å². The molecule has 0 bridgehead atoms. The van der Waals surface area contributed by atoms with Gasteiger partial charge in [-0.15, -0.1) is 0 Å². The highest BCUT2D eigenvalue weighted by Gasteiger charge is 2.22. The van der Waals surface area contributed by atoms with Crippen molar-refractivity contribution in [1.29, 1.82) is 0 Å². The summed E-state index contributed by atoms with van der Waals surface area (Å²) < 4.78 is 3.33. The predicted molar refractivity (Wildman–Crippen MR) is 138 cm³/mol. The summed E-state index contributed by atoms with van der Waals surface area (Å²) in [6, 6.07) is 15.1. The van der Waals surface area contributed by atoms with Gasteiger partial charge in [0.2, 0.25) is 0 Å². The summed E-state index contributed by atoms with van der Waals surface area (Å²) in [6.07, 6.45) is 6.44. The number of aromatic nitrogens is 4. The highest BCUT2D eigenvalue weighted by molar-refractivity contribution is 6.27. The summed E-state index contributed by atoms with van der Waals surface area (Å²) in [7, 11) is 0. The van der Waals surface area contributed by atoms with E-state index in [0.29, 0.717) is 33.5 Å². The maximum atomic E-state index is 13.8. The third kappa shape index (κ3) is 2.15. The van der Waals surface area contributed by atoms with Gasteiger partial charge in [-0.3, -0.25) is 18.4 Å². The van der Waals surface area contributed by atoms with Gasteiger partial charge in [0, 0.05) is 32.3 Å². The van der Waals surface area contributed by atoms with Crippen molar-refractivity contribution in [3.8, 4) is 0 Å². The highest BCUT2D eigenvalue weighted by Crippen LogP contribution is 2.36. The molecule has 162 valence electrons. The number of allylic oxidation sites excluding steroid dienone is 1. The van der Waals surface area contributed by atoms with E-state index in [9.17, 15) is 9.59 Å². The van der Waals surface area contributed by atoms with Crippen molar-refractivity contribution in [3.63, 3.8) is 0 Å². The highest BCUT2D eigenvalue weighted by atomic mass is 16.1. The monoisotopic (exact) mass is 442 g/mol. The molecular formula is C28H18N4O2. The van der Waals surface area contributed by atoms with Gasteiger partial charge in [0.25, 0.3) is 11.1 Å². The number of rotatable bonds is 3. The number of fused-ring (bicyclic) bond motifs is 6. The molecule has 0 unspecified atom stereocenters. The smallest absolute Gasteiger partial charge is 0.264 e. The third-order valence-corrected chi connectivity index (χ3v) is 6.72. The minimum absolute atomic E-state index is 0.139. The maximum absolute atomic E-state index is 13.8. The van der Waals surface area contributed by atoms with E-state index in [-0.39, 0.29) is 11.1 Å². The van der Waals surface area contributed by atoms with Crippen LogP contribution in [0.5, 0.6) is 0 Å². The SMILES string of the molecule is C=Cc1nc2c3ccc4c(=O)n5c6ccccc6nc5c5ccc(c(=O)n2c1C=CCC)c3c45. The zero-order chi connectivity index (χ0) is 23.1. The van der Waals surface area contributed by atoms with Gasteiger partial charge in [-0.1, -0.05) is 31.7 Å². The summed E-state index contributed by atoms with van der Waals surface area (Å²) in [5.74, 6) is 0. The lowest BCUT2D eigenvalue weighted by molar-refractivity contribution is 1.12. The molecule has 0 aliphatic carbocycles. The average Bonchev–Trinajstić information content (AvgIpc) is 3.43. The molecule has 0 N–H and O–H groups in total. The lowest BCUT2D eigenvalue weighted by Crippen LogP contribution is -2.17. The van der Waals surface area contributed by atoms with E-state index in [1.54, 1.807) is 14.9 Å². The molecule has 0 saturated carbocycles. The van der Waals surface area contributed by atoms with E-state index < -0.39 is 0 Å². The van der Waals surface area contributed by atoms with Crippen LogP contribution >= 0.6 is 0 Å². The van der Waals surface area contributed by atoms with Crippen LogP contribution in [0.4, 0.5) is 0 Å². The predicted octanol–water partition coefficient (Wildman–Crippen LogP) is 5.26. The molecule has 3 aromatic carbocycles. The topological polar surface area (TPSA) is 68.7 Å². The fourth-order valence-electron chi connectivity index (χ4n) is 5.25. The zero-order valence-electron chi connectivity index (χ0n) is 18.4. The molecule has 0 radical (unpaired) electrons. The molecule has 0 saturated heterocycles. The third-order valence-electron chi connectivity index (χ3n) is 6.72. The molecule has 7 rings (SSSR count). The number of hydrogen-bond acceptors (Lipinski definition) is 4. The van der Waals surface area contributed by atoms with Crippen LogP contribution in [0.1, 0.15) is 24.7 Å². The van der Waals surface area contributed by atoms with Crippen LogP contribution in [0.3, 0.4) is 0 Å². The molecular weight excluding hydrogens is 424 g/mol. The second kappa shape index (κ2) is 6.48. The van der Waals surface area contributed by atoms with E-state index in [0.717, 1.165) is 39.0 Å². The minimum Gasteiger partial charge on any atom is -0.268 e. The molecule has 4 heterocycles. The Hall–Kier alpha value is -4.58. The lowest BCUT2D eigenvalue weighted by atomic mass is 9.96. The Morgan fingerprint density at radius 2 is 1.44 bits per heavy atom. The second-order valence-electron chi connectivity index (χ2n) is 8.50. The fourth-order valence-corrected chi connectivity index (χ4v) is 5.25. The Morgan fingerprint density at radius 3 is 2.12 bits per heavy atom. The average molecular weight is 442 g/mol. The number of pyridine rings is 2. The van der Waals surface area contributed by atoms with Crippen molar-refractivity contribution in [2.75, 3.05) is 0 Å². The molecule has 0 amide bonds. The van der Waals surface area contributed by atoms with Crippen molar-refractivity contribution in [3.05, 3.63) is 93.3 Å². The molecule has 0 aliphatic rings. The minimum atomic E-state index is -0.158. The van der Waals surface area contributed by atoms with E-state index in [4.69, 9.17) is 9.97 Å². The largest absolute Gasteiger partial charge is 0.268 e. The summed E-state index contributed by atoms with van der Waals surface area (Å²) in [6.45, 7) is 5.94. The van der Waals surface area contributed by atoms with Crippen LogP contribution in [0, 0.1) is 0 Å². The quantitative estimate of drug-likeness (QED) is 0.350. The molecule has 7 aromatic rings. The number of hydrogen-bond donors (Lipinski definition) is 0. The van der Waals surface area contributed by atoms with Gasteiger partial charge in [0.05, 0.1) is 22.4 Å². The van der Waals surface area contributed by atoms with Gasteiger partial charge < -0.3 is 0 Å². The van der Waals surface area contributed by atoms with Gasteiger partial charge >= 0.3 is 0 Å². The van der Waals surface area contributed by atoms with E-state index >= 15 is 0 Å². The first-order valence-corrected chi connectivity index (χ1v) is 11.2. The first kappa shape index (κ1) is 18.9. The Morgan fingerprint density at radius 1 is 0.824 bits per heavy atom. The van der Waals surface area contributed by atoms with Crippen molar-refractivity contribution >= 4 is 66.8 Å². The molecule has 0 spiro atoms. The van der Waals surface area contributed by atoms with Crippen LogP contribution in [0.2, 0.25) is 0 Å². The van der Waals surface area contributed by atoms with E-state index in [2.05, 4.69) is 6.58 Å². The molecule has 0 fully saturated rings. The normalized spacial score (nSPS) is 12.6. The van der Waals surface area contributed by atoms with Crippen molar-refractivity contribution < 1.29 is 0 Å². The van der Waals surface area contributed by atoms with E-state index in [1.807, 2.05) is 67.6 Å². The van der Waals surface area contributed by atoms with Gasteiger partial charge in [0.15, 0.2) is 0 Å². The number of imidazole rings is 2. The number of para-hydroxylation sites is 2.